The summed E-state index contributed by atoms with van der Waals surface area (Å²) in [6, 6.07) is 10.3. The maximum Gasteiger partial charge on any atom is 0.231 e. The van der Waals surface area contributed by atoms with E-state index < -0.39 is 0 Å². The molecule has 1 saturated heterocycles. The van der Waals surface area contributed by atoms with Crippen molar-refractivity contribution in [3.05, 3.63) is 52.8 Å². The first-order chi connectivity index (χ1) is 12.6. The highest BCUT2D eigenvalue weighted by Crippen LogP contribution is 2.37. The number of thioether (sulfide) groups is 1. The van der Waals surface area contributed by atoms with Gasteiger partial charge in [-0.3, -0.25) is 0 Å². The molecule has 1 atom stereocenters. The quantitative estimate of drug-likeness (QED) is 0.529. The second-order valence-electron chi connectivity index (χ2n) is 6.23. The van der Waals surface area contributed by atoms with E-state index in [1.165, 1.54) is 12.1 Å². The Morgan fingerprint density at radius 2 is 2.08 bits per heavy atom. The molecule has 26 heavy (non-hydrogen) atoms. The molecular weight excluding hydrogens is 375 g/mol. The first kappa shape index (κ1) is 17.5. The van der Waals surface area contributed by atoms with Crippen LogP contribution >= 0.6 is 23.4 Å². The van der Waals surface area contributed by atoms with Crippen molar-refractivity contribution in [2.45, 2.75) is 12.3 Å². The summed E-state index contributed by atoms with van der Waals surface area (Å²) < 4.78 is 24.1. The lowest BCUT2D eigenvalue weighted by atomic mass is 9.98. The second kappa shape index (κ2) is 7.37. The fraction of sp³-hybridized carbons (Fsp3) is 0.316. The van der Waals surface area contributed by atoms with E-state index in [4.69, 9.17) is 26.1 Å². The van der Waals surface area contributed by atoms with Crippen molar-refractivity contribution in [1.29, 1.82) is 0 Å². The van der Waals surface area contributed by atoms with E-state index in [-0.39, 0.29) is 18.5 Å². The molecule has 0 radical (unpaired) electrons. The summed E-state index contributed by atoms with van der Waals surface area (Å²) in [6.07, 6.45) is 2.98. The summed E-state index contributed by atoms with van der Waals surface area (Å²) in [5, 5.41) is 1.44. The number of rotatable bonds is 2. The van der Waals surface area contributed by atoms with Gasteiger partial charge in [0, 0.05) is 30.1 Å². The van der Waals surface area contributed by atoms with Gasteiger partial charge in [-0.2, -0.15) is 0 Å². The molecule has 7 heteroatoms. The van der Waals surface area contributed by atoms with Crippen molar-refractivity contribution < 1.29 is 13.9 Å². The molecule has 0 spiro atoms. The lowest BCUT2D eigenvalue weighted by Gasteiger charge is -2.19. The number of amidine groups is 1. The highest BCUT2D eigenvalue weighted by molar-refractivity contribution is 8.13. The van der Waals surface area contributed by atoms with E-state index >= 15 is 0 Å². The average Bonchev–Trinajstić information content (AvgIpc) is 3.28. The summed E-state index contributed by atoms with van der Waals surface area (Å²) in [6.45, 7) is 1.96. The maximum atomic E-state index is 13.3. The molecule has 2 aromatic rings. The molecule has 1 unspecified atom stereocenters. The second-order valence-corrected chi connectivity index (χ2v) is 7.41. The molecule has 0 aliphatic carbocycles. The van der Waals surface area contributed by atoms with E-state index in [1.807, 2.05) is 24.5 Å². The van der Waals surface area contributed by atoms with Crippen LogP contribution in [0.15, 0.2) is 41.4 Å². The first-order valence-corrected chi connectivity index (χ1v) is 9.96. The summed E-state index contributed by atoms with van der Waals surface area (Å²) in [4.78, 5) is 7.03. The third-order valence-electron chi connectivity index (χ3n) is 4.62. The van der Waals surface area contributed by atoms with Crippen LogP contribution in [0.2, 0.25) is 5.02 Å². The van der Waals surface area contributed by atoms with Gasteiger partial charge in [-0.05, 0) is 42.5 Å². The molecule has 0 N–H and O–H groups in total. The third kappa shape index (κ3) is 3.48. The summed E-state index contributed by atoms with van der Waals surface area (Å²) in [5.41, 5.74) is 1.83. The van der Waals surface area contributed by atoms with Crippen LogP contribution in [-0.4, -0.2) is 36.2 Å². The van der Waals surface area contributed by atoms with E-state index in [9.17, 15) is 4.39 Å². The Hall–Kier alpha value is -1.92. The van der Waals surface area contributed by atoms with Crippen LogP contribution in [0.25, 0.3) is 0 Å². The Labute approximate surface area is 161 Å². The Morgan fingerprint density at radius 1 is 1.23 bits per heavy atom. The maximum absolute atomic E-state index is 13.3. The summed E-state index contributed by atoms with van der Waals surface area (Å²) >= 11 is 7.84. The number of likely N-dealkylation sites (tertiary alicyclic amines) is 1. The molecule has 0 bridgehead atoms. The number of fused-ring (bicyclic) bond motifs is 1. The zero-order valence-corrected chi connectivity index (χ0v) is 15.8. The summed E-state index contributed by atoms with van der Waals surface area (Å²) in [5.74, 6) is 1.45. The van der Waals surface area contributed by atoms with Crippen molar-refractivity contribution in [3.8, 4) is 11.5 Å². The van der Waals surface area contributed by atoms with Gasteiger partial charge in [-0.25, -0.2) is 9.38 Å². The number of ether oxygens (including phenoxy) is 2. The monoisotopic (exact) mass is 392 g/mol. The van der Waals surface area contributed by atoms with Gasteiger partial charge in [0.05, 0.1) is 5.69 Å². The molecule has 2 aromatic carbocycles. The Bertz CT molecular complexity index is 861. The van der Waals surface area contributed by atoms with Crippen LogP contribution in [-0.2, 0) is 0 Å². The van der Waals surface area contributed by atoms with Crippen LogP contribution in [0.1, 0.15) is 17.9 Å². The smallest absolute Gasteiger partial charge is 0.231 e. The SMILES string of the molecule is CSC(=Nc1ccc2c(c1)OCO2)N1CCC(c2ccc(F)cc2Cl)C1. The van der Waals surface area contributed by atoms with Crippen LogP contribution < -0.4 is 9.47 Å². The van der Waals surface area contributed by atoms with Crippen LogP contribution in [0, 0.1) is 5.82 Å². The van der Waals surface area contributed by atoms with Crippen molar-refractivity contribution >= 4 is 34.2 Å². The average molecular weight is 393 g/mol. The Kier molecular flexibility index (Phi) is 4.96. The molecule has 4 nitrogen and oxygen atoms in total. The molecule has 136 valence electrons. The van der Waals surface area contributed by atoms with Crippen LogP contribution in [0.5, 0.6) is 11.5 Å². The number of benzene rings is 2. The fourth-order valence-corrected chi connectivity index (χ4v) is 4.27. The number of halogens is 2. The van der Waals surface area contributed by atoms with E-state index in [0.717, 1.165) is 47.4 Å². The lowest BCUT2D eigenvalue weighted by Crippen LogP contribution is -2.25. The highest BCUT2D eigenvalue weighted by Gasteiger charge is 2.27. The molecule has 0 amide bonds. The van der Waals surface area contributed by atoms with Gasteiger partial charge < -0.3 is 14.4 Å². The Balaban J connectivity index is 1.52. The molecular formula is C19H18ClFN2O2S. The lowest BCUT2D eigenvalue weighted by molar-refractivity contribution is 0.174. The third-order valence-corrected chi connectivity index (χ3v) is 5.67. The zero-order chi connectivity index (χ0) is 18.1. The standard InChI is InChI=1S/C19H18ClFN2O2S/c1-26-19(22-14-3-5-17-18(9-14)25-11-24-17)23-7-6-12(10-23)15-4-2-13(21)8-16(15)20/h2-5,8-9,12H,6-7,10-11H2,1H3. The van der Waals surface area contributed by atoms with Crippen LogP contribution in [0.4, 0.5) is 10.1 Å². The van der Waals surface area contributed by atoms with Crippen molar-refractivity contribution in [3.63, 3.8) is 0 Å². The largest absolute Gasteiger partial charge is 0.454 e. The van der Waals surface area contributed by atoms with Crippen molar-refractivity contribution in [2.75, 3.05) is 26.1 Å². The van der Waals surface area contributed by atoms with Crippen LogP contribution in [0.3, 0.4) is 0 Å². The topological polar surface area (TPSA) is 34.1 Å². The van der Waals surface area contributed by atoms with Gasteiger partial charge in [0.25, 0.3) is 0 Å². The molecule has 4 rings (SSSR count). The van der Waals surface area contributed by atoms with Gasteiger partial charge in [-0.15, -0.1) is 0 Å². The normalized spacial score (nSPS) is 19.3. The van der Waals surface area contributed by atoms with Gasteiger partial charge in [0.2, 0.25) is 6.79 Å². The van der Waals surface area contributed by atoms with Crippen molar-refractivity contribution in [1.82, 2.24) is 4.90 Å². The fourth-order valence-electron chi connectivity index (χ4n) is 3.33. The van der Waals surface area contributed by atoms with Gasteiger partial charge in [0.15, 0.2) is 16.7 Å². The number of nitrogens with zero attached hydrogens (tertiary/aromatic N) is 2. The molecule has 0 saturated carbocycles. The van der Waals surface area contributed by atoms with Gasteiger partial charge >= 0.3 is 0 Å². The minimum atomic E-state index is -0.303. The highest BCUT2D eigenvalue weighted by atomic mass is 35.5. The van der Waals surface area contributed by atoms with E-state index in [2.05, 4.69) is 4.90 Å². The Morgan fingerprint density at radius 3 is 2.88 bits per heavy atom. The first-order valence-electron chi connectivity index (χ1n) is 8.36. The zero-order valence-electron chi connectivity index (χ0n) is 14.2. The number of hydrogen-bond acceptors (Lipinski definition) is 4. The number of hydrogen-bond donors (Lipinski definition) is 0. The predicted molar refractivity (Wildman–Crippen MR) is 104 cm³/mol. The molecule has 2 heterocycles. The van der Waals surface area contributed by atoms with Gasteiger partial charge in [-0.1, -0.05) is 29.4 Å². The van der Waals surface area contributed by atoms with Gasteiger partial charge in [0.1, 0.15) is 5.82 Å². The number of aliphatic imine (C=N–C) groups is 1. The minimum Gasteiger partial charge on any atom is -0.454 e. The van der Waals surface area contributed by atoms with E-state index in [1.54, 1.807) is 17.8 Å². The molecule has 2 aliphatic rings. The predicted octanol–water partition coefficient (Wildman–Crippen LogP) is 5.05. The summed E-state index contributed by atoms with van der Waals surface area (Å²) in [7, 11) is 0. The molecule has 1 fully saturated rings. The van der Waals surface area contributed by atoms with E-state index in [0.29, 0.717) is 5.02 Å². The molecule has 0 aromatic heterocycles. The molecule has 2 aliphatic heterocycles. The minimum absolute atomic E-state index is 0.254. The van der Waals surface area contributed by atoms with Crippen molar-refractivity contribution in [2.24, 2.45) is 4.99 Å².